The van der Waals surface area contributed by atoms with Gasteiger partial charge in [0.1, 0.15) is 18.2 Å². The number of methoxy groups -OCH3 is 1. The van der Waals surface area contributed by atoms with Crippen LogP contribution < -0.4 is 10.6 Å². The highest BCUT2D eigenvalue weighted by atomic mass is 16.6. The number of aromatic nitrogens is 1. The number of cyclic esters (lactones) is 1. The SMILES string of the molecule is CO[C@@H]1C(=O)O[C@H](C)[C@H](C)/C=C(\C)C[C@H](C)C(=O)N[C@@H](C)C(=O)N(C)[C@H](Cc2c[nH]c3ccccc23)C(=O)N[C@@H]1c1ccc([N+](=O)[O-])cc1. The van der Waals surface area contributed by atoms with Crippen molar-refractivity contribution >= 4 is 40.3 Å². The highest BCUT2D eigenvalue weighted by Crippen LogP contribution is 2.27. The lowest BCUT2D eigenvalue weighted by atomic mass is 9.95. The Kier molecular flexibility index (Phi) is 11.9. The molecular weight excluding hydrogens is 630 g/mol. The number of allylic oxidation sites excluding steroid dienone is 1. The summed E-state index contributed by atoms with van der Waals surface area (Å²) in [6.45, 7) is 8.86. The Labute approximate surface area is 285 Å². The number of nitro groups is 1. The summed E-state index contributed by atoms with van der Waals surface area (Å²) >= 11 is 0. The maximum atomic E-state index is 14.4. The number of amides is 3. The van der Waals surface area contributed by atoms with E-state index in [1.54, 1.807) is 27.0 Å². The van der Waals surface area contributed by atoms with Crippen LogP contribution in [-0.2, 0) is 35.1 Å². The molecule has 0 aliphatic carbocycles. The minimum atomic E-state index is -1.35. The molecule has 13 nitrogen and oxygen atoms in total. The Morgan fingerprint density at radius 2 is 1.65 bits per heavy atom. The van der Waals surface area contributed by atoms with Crippen molar-refractivity contribution in [1.29, 1.82) is 0 Å². The van der Waals surface area contributed by atoms with Gasteiger partial charge in [-0.15, -0.1) is 0 Å². The number of nitrogens with zero attached hydrogens (tertiary/aromatic N) is 2. The highest BCUT2D eigenvalue weighted by Gasteiger charge is 2.38. The molecule has 0 spiro atoms. The van der Waals surface area contributed by atoms with Gasteiger partial charge in [0.2, 0.25) is 17.7 Å². The third-order valence-corrected chi connectivity index (χ3v) is 9.15. The summed E-state index contributed by atoms with van der Waals surface area (Å²) in [5, 5.41) is 18.0. The van der Waals surface area contributed by atoms with Gasteiger partial charge >= 0.3 is 5.97 Å². The van der Waals surface area contributed by atoms with Crippen molar-refractivity contribution < 1.29 is 33.6 Å². The minimum absolute atomic E-state index is 0.0861. The smallest absolute Gasteiger partial charge is 0.338 e. The molecule has 1 aromatic heterocycles. The number of aromatic amines is 1. The van der Waals surface area contributed by atoms with Crippen molar-refractivity contribution in [2.45, 2.75) is 77.8 Å². The Hall–Kier alpha value is -5.04. The predicted octanol–water partition coefficient (Wildman–Crippen LogP) is 4.38. The van der Waals surface area contributed by atoms with E-state index in [2.05, 4.69) is 15.6 Å². The van der Waals surface area contributed by atoms with Gasteiger partial charge in [0.05, 0.1) is 11.0 Å². The molecule has 262 valence electrons. The summed E-state index contributed by atoms with van der Waals surface area (Å²) in [6, 6.07) is 9.76. The van der Waals surface area contributed by atoms with Gasteiger partial charge in [0, 0.05) is 61.6 Å². The van der Waals surface area contributed by atoms with E-state index in [0.717, 1.165) is 22.0 Å². The summed E-state index contributed by atoms with van der Waals surface area (Å²) in [5.41, 5.74) is 2.70. The van der Waals surface area contributed by atoms with Gasteiger partial charge in [0.15, 0.2) is 6.10 Å². The van der Waals surface area contributed by atoms with Crippen LogP contribution in [0.3, 0.4) is 0 Å². The lowest BCUT2D eigenvalue weighted by Crippen LogP contribution is -2.56. The maximum Gasteiger partial charge on any atom is 0.338 e. The second kappa shape index (κ2) is 15.9. The van der Waals surface area contributed by atoms with Crippen LogP contribution in [0, 0.1) is 22.0 Å². The van der Waals surface area contributed by atoms with Crippen molar-refractivity contribution in [3.63, 3.8) is 0 Å². The number of para-hydroxylation sites is 1. The first-order valence-electron chi connectivity index (χ1n) is 16.3. The summed E-state index contributed by atoms with van der Waals surface area (Å²) < 4.78 is 11.5. The standard InChI is InChI=1S/C36H45N5O8/c1-20-16-21(2)24(5)49-36(45)32(48-7)31(25-12-14-27(15-13-25)41(46)47)39-34(43)30(18-26-19-37-29-11-9-8-10-28(26)29)40(6)35(44)23(4)38-33(42)22(3)17-20/h8-16,19,21-24,30-32,37H,17-18H2,1-7H3,(H,38,42)(H,39,43)/b20-16+/t21-,22+,23+,24-,30-,31-,32+/m1/s1. The van der Waals surface area contributed by atoms with E-state index in [-0.39, 0.29) is 23.9 Å². The molecule has 0 fully saturated rings. The topological polar surface area (TPSA) is 173 Å². The maximum absolute atomic E-state index is 14.4. The molecule has 4 rings (SSSR count). The molecule has 7 atom stereocenters. The first-order valence-corrected chi connectivity index (χ1v) is 16.3. The van der Waals surface area contributed by atoms with Crippen LogP contribution in [0.4, 0.5) is 5.69 Å². The molecule has 0 unspecified atom stereocenters. The van der Waals surface area contributed by atoms with E-state index >= 15 is 0 Å². The number of nitro benzene ring substituents is 1. The largest absolute Gasteiger partial charge is 0.460 e. The second-order valence-corrected chi connectivity index (χ2v) is 12.9. The Morgan fingerprint density at radius 3 is 2.31 bits per heavy atom. The van der Waals surface area contributed by atoms with Crippen molar-refractivity contribution in [3.8, 4) is 0 Å². The molecule has 3 amide bonds. The molecular formula is C36H45N5O8. The van der Waals surface area contributed by atoms with Crippen molar-refractivity contribution in [2.24, 2.45) is 11.8 Å². The van der Waals surface area contributed by atoms with Crippen molar-refractivity contribution in [2.75, 3.05) is 14.2 Å². The number of likely N-dealkylation sites (N-methyl/N-ethyl adjacent to an activating group) is 1. The fourth-order valence-corrected chi connectivity index (χ4v) is 6.13. The van der Waals surface area contributed by atoms with Crippen LogP contribution >= 0.6 is 0 Å². The van der Waals surface area contributed by atoms with Gasteiger partial charge in [-0.05, 0) is 44.4 Å². The normalized spacial score (nSPS) is 27.7. The number of non-ortho nitro benzene ring substituents is 1. The monoisotopic (exact) mass is 675 g/mol. The summed E-state index contributed by atoms with van der Waals surface area (Å²) in [5.74, 6) is -2.87. The fraction of sp³-hybridized carbons (Fsp3) is 0.444. The number of rotatable bonds is 5. The zero-order valence-electron chi connectivity index (χ0n) is 28.9. The van der Waals surface area contributed by atoms with E-state index in [1.807, 2.05) is 44.2 Å². The molecule has 2 heterocycles. The lowest BCUT2D eigenvalue weighted by molar-refractivity contribution is -0.384. The average Bonchev–Trinajstić information content (AvgIpc) is 3.48. The molecule has 49 heavy (non-hydrogen) atoms. The van der Waals surface area contributed by atoms with Gasteiger partial charge < -0.3 is 30.0 Å². The Morgan fingerprint density at radius 1 is 0.980 bits per heavy atom. The molecule has 0 saturated carbocycles. The van der Waals surface area contributed by atoms with E-state index < -0.39 is 59.0 Å². The molecule has 1 aliphatic rings. The highest BCUT2D eigenvalue weighted by molar-refractivity contribution is 5.93. The zero-order chi connectivity index (χ0) is 36.0. The van der Waals surface area contributed by atoms with Gasteiger partial charge in [-0.1, -0.05) is 55.8 Å². The number of hydrogen-bond acceptors (Lipinski definition) is 8. The number of carbonyl (C=O) groups is 4. The van der Waals surface area contributed by atoms with Gasteiger partial charge in [-0.25, -0.2) is 4.79 Å². The van der Waals surface area contributed by atoms with Crippen LogP contribution in [0.15, 0.2) is 66.4 Å². The van der Waals surface area contributed by atoms with Crippen LogP contribution in [0.5, 0.6) is 0 Å². The summed E-state index contributed by atoms with van der Waals surface area (Å²) in [4.78, 5) is 70.5. The molecule has 2 aromatic carbocycles. The van der Waals surface area contributed by atoms with E-state index in [0.29, 0.717) is 12.0 Å². The fourth-order valence-electron chi connectivity index (χ4n) is 6.13. The second-order valence-electron chi connectivity index (χ2n) is 12.9. The first-order chi connectivity index (χ1) is 23.2. The van der Waals surface area contributed by atoms with E-state index in [9.17, 15) is 29.3 Å². The van der Waals surface area contributed by atoms with Gasteiger partial charge in [0.25, 0.3) is 5.69 Å². The molecule has 3 N–H and O–H groups in total. The number of fused-ring (bicyclic) bond motifs is 1. The molecule has 0 radical (unpaired) electrons. The Bertz CT molecular complexity index is 1720. The van der Waals surface area contributed by atoms with Crippen LogP contribution in [0.25, 0.3) is 10.9 Å². The lowest BCUT2D eigenvalue weighted by Gasteiger charge is -2.33. The number of nitrogens with one attached hydrogen (secondary N) is 3. The van der Waals surface area contributed by atoms with Crippen LogP contribution in [-0.4, -0.2) is 76.9 Å². The molecule has 0 saturated heterocycles. The predicted molar refractivity (Wildman–Crippen MR) is 183 cm³/mol. The third kappa shape index (κ3) is 8.71. The molecule has 0 bridgehead atoms. The third-order valence-electron chi connectivity index (χ3n) is 9.15. The van der Waals surface area contributed by atoms with Crippen LogP contribution in [0.2, 0.25) is 0 Å². The molecule has 3 aromatic rings. The van der Waals surface area contributed by atoms with E-state index in [4.69, 9.17) is 9.47 Å². The number of hydrogen-bond donors (Lipinski definition) is 3. The van der Waals surface area contributed by atoms with Gasteiger partial charge in [-0.3, -0.25) is 24.5 Å². The summed E-state index contributed by atoms with van der Waals surface area (Å²) in [6.07, 6.45) is 2.26. The Balaban J connectivity index is 1.81. The van der Waals surface area contributed by atoms with Gasteiger partial charge in [-0.2, -0.15) is 0 Å². The number of ether oxygens (including phenoxy) is 2. The first kappa shape index (κ1) is 36.8. The van der Waals surface area contributed by atoms with Crippen LogP contribution in [0.1, 0.15) is 58.2 Å². The number of H-pyrrole nitrogens is 1. The summed E-state index contributed by atoms with van der Waals surface area (Å²) in [7, 11) is 2.80. The minimum Gasteiger partial charge on any atom is -0.460 e. The number of benzene rings is 2. The van der Waals surface area contributed by atoms with Crippen molar-refractivity contribution in [1.82, 2.24) is 20.5 Å². The van der Waals surface area contributed by atoms with E-state index in [1.165, 1.54) is 43.3 Å². The quantitative estimate of drug-likeness (QED) is 0.155. The number of carbonyl (C=O) groups excluding carboxylic acids is 4. The number of esters is 1. The zero-order valence-corrected chi connectivity index (χ0v) is 28.9. The molecule has 13 heteroatoms. The average molecular weight is 676 g/mol. The molecule has 1 aliphatic heterocycles. The van der Waals surface area contributed by atoms with Crippen molar-refractivity contribution in [3.05, 3.63) is 87.6 Å².